The quantitative estimate of drug-likeness (QED) is 0.317. The number of aryl methyl sites for hydroxylation is 1. The topological polar surface area (TPSA) is 77.1 Å². The first-order chi connectivity index (χ1) is 7.74. The first-order valence-electron chi connectivity index (χ1n) is 5.39. The fourth-order valence-corrected chi connectivity index (χ4v) is 1.46. The normalized spacial score (nSPS) is 10.1. The van der Waals surface area contributed by atoms with Crippen molar-refractivity contribution in [3.05, 3.63) is 34.7 Å². The van der Waals surface area contributed by atoms with Crippen LogP contribution in [0, 0.1) is 0 Å². The number of nitrogens with one attached hydrogen (secondary N) is 1. The standard InChI is InChI=1S/C11H17N3O2/c12-13-10(15)6-2-1-4-8-14-9-5-3-7-11(14)16/h3,5,7,9H,1-2,4,6,8,12H2,(H,13,15). The molecule has 1 aromatic rings. The number of aromatic nitrogens is 1. The van der Waals surface area contributed by atoms with E-state index in [1.165, 1.54) is 0 Å². The number of rotatable bonds is 6. The Labute approximate surface area is 94.2 Å². The Hall–Kier alpha value is -1.62. The van der Waals surface area contributed by atoms with Gasteiger partial charge in [0.2, 0.25) is 11.5 Å². The van der Waals surface area contributed by atoms with Crippen molar-refractivity contribution >= 4 is 5.91 Å². The highest BCUT2D eigenvalue weighted by molar-refractivity contribution is 5.74. The molecule has 5 heteroatoms. The summed E-state index contributed by atoms with van der Waals surface area (Å²) in [6.45, 7) is 0.698. The molecule has 0 aliphatic heterocycles. The van der Waals surface area contributed by atoms with E-state index in [2.05, 4.69) is 5.43 Å². The summed E-state index contributed by atoms with van der Waals surface area (Å²) in [6, 6.07) is 5.11. The Morgan fingerprint density at radius 1 is 1.31 bits per heavy atom. The lowest BCUT2D eigenvalue weighted by Gasteiger charge is -2.04. The Balaban J connectivity index is 2.19. The number of pyridine rings is 1. The predicted octanol–water partition coefficient (Wildman–Crippen LogP) is 0.399. The molecule has 0 unspecified atom stereocenters. The summed E-state index contributed by atoms with van der Waals surface area (Å²) >= 11 is 0. The highest BCUT2D eigenvalue weighted by Crippen LogP contribution is 2.00. The number of carbonyl (C=O) groups is 1. The zero-order chi connectivity index (χ0) is 11.8. The maximum atomic E-state index is 11.3. The van der Waals surface area contributed by atoms with Gasteiger partial charge in [-0.3, -0.25) is 15.0 Å². The van der Waals surface area contributed by atoms with Crippen LogP contribution in [0.5, 0.6) is 0 Å². The van der Waals surface area contributed by atoms with Gasteiger partial charge < -0.3 is 4.57 Å². The first kappa shape index (κ1) is 12.4. The number of amides is 1. The largest absolute Gasteiger partial charge is 0.316 e. The summed E-state index contributed by atoms with van der Waals surface area (Å²) in [7, 11) is 0. The third-order valence-corrected chi connectivity index (χ3v) is 2.36. The smallest absolute Gasteiger partial charge is 0.250 e. The monoisotopic (exact) mass is 223 g/mol. The van der Waals surface area contributed by atoms with E-state index in [4.69, 9.17) is 5.84 Å². The summed E-state index contributed by atoms with van der Waals surface area (Å²) in [4.78, 5) is 22.1. The van der Waals surface area contributed by atoms with Crippen LogP contribution in [0.2, 0.25) is 0 Å². The molecule has 0 aliphatic carbocycles. The van der Waals surface area contributed by atoms with Gasteiger partial charge in [-0.2, -0.15) is 0 Å². The van der Waals surface area contributed by atoms with Gasteiger partial charge in [-0.15, -0.1) is 0 Å². The average Bonchev–Trinajstić information content (AvgIpc) is 2.30. The molecule has 16 heavy (non-hydrogen) atoms. The van der Waals surface area contributed by atoms with Crippen molar-refractivity contribution in [2.75, 3.05) is 0 Å². The van der Waals surface area contributed by atoms with Crippen LogP contribution in [-0.4, -0.2) is 10.5 Å². The van der Waals surface area contributed by atoms with Gasteiger partial charge in [0.1, 0.15) is 0 Å². The number of hydrogen-bond acceptors (Lipinski definition) is 3. The molecule has 5 nitrogen and oxygen atoms in total. The molecule has 0 saturated carbocycles. The van der Waals surface area contributed by atoms with Crippen LogP contribution in [0.1, 0.15) is 25.7 Å². The van der Waals surface area contributed by atoms with Gasteiger partial charge >= 0.3 is 0 Å². The minimum absolute atomic E-state index is 0.0159. The molecule has 0 spiro atoms. The van der Waals surface area contributed by atoms with Gasteiger partial charge in [-0.25, -0.2) is 5.84 Å². The molecule has 1 aromatic heterocycles. The van der Waals surface area contributed by atoms with Crippen LogP contribution in [0.3, 0.4) is 0 Å². The molecule has 0 fully saturated rings. The van der Waals surface area contributed by atoms with Crippen LogP contribution in [0.25, 0.3) is 0 Å². The van der Waals surface area contributed by atoms with Crippen molar-refractivity contribution in [2.24, 2.45) is 5.84 Å². The maximum absolute atomic E-state index is 11.3. The lowest BCUT2D eigenvalue weighted by molar-refractivity contribution is -0.121. The number of nitrogens with two attached hydrogens (primary N) is 1. The molecule has 0 atom stereocenters. The van der Waals surface area contributed by atoms with Crippen LogP contribution < -0.4 is 16.8 Å². The van der Waals surface area contributed by atoms with Gasteiger partial charge in [0, 0.05) is 25.2 Å². The van der Waals surface area contributed by atoms with Crippen LogP contribution in [0.15, 0.2) is 29.2 Å². The van der Waals surface area contributed by atoms with Crippen molar-refractivity contribution < 1.29 is 4.79 Å². The summed E-state index contributed by atoms with van der Waals surface area (Å²) in [6.07, 6.45) is 4.82. The third kappa shape index (κ3) is 4.27. The molecule has 88 valence electrons. The second-order valence-electron chi connectivity index (χ2n) is 3.61. The Morgan fingerprint density at radius 2 is 2.12 bits per heavy atom. The zero-order valence-electron chi connectivity index (χ0n) is 9.19. The molecule has 0 saturated heterocycles. The van der Waals surface area contributed by atoms with Gasteiger partial charge in [-0.1, -0.05) is 12.5 Å². The van der Waals surface area contributed by atoms with Gasteiger partial charge in [-0.05, 0) is 18.9 Å². The number of carbonyl (C=O) groups excluding carboxylic acids is 1. The molecular formula is C11H17N3O2. The zero-order valence-corrected chi connectivity index (χ0v) is 9.19. The van der Waals surface area contributed by atoms with E-state index in [1.807, 2.05) is 6.07 Å². The Kier molecular flexibility index (Phi) is 5.28. The van der Waals surface area contributed by atoms with Crippen molar-refractivity contribution in [1.82, 2.24) is 9.99 Å². The lowest BCUT2D eigenvalue weighted by Crippen LogP contribution is -2.29. The van der Waals surface area contributed by atoms with Gasteiger partial charge in [0.15, 0.2) is 0 Å². The van der Waals surface area contributed by atoms with Crippen molar-refractivity contribution in [3.63, 3.8) is 0 Å². The number of unbranched alkanes of at least 4 members (excludes halogenated alkanes) is 2. The summed E-state index contributed by atoms with van der Waals surface area (Å²) in [5.74, 6) is 4.81. The van der Waals surface area contributed by atoms with Crippen LogP contribution in [0.4, 0.5) is 0 Å². The number of hydrazine groups is 1. The van der Waals surface area contributed by atoms with Crippen LogP contribution >= 0.6 is 0 Å². The van der Waals surface area contributed by atoms with E-state index >= 15 is 0 Å². The molecule has 0 radical (unpaired) electrons. The predicted molar refractivity (Wildman–Crippen MR) is 61.5 cm³/mol. The van der Waals surface area contributed by atoms with E-state index in [0.717, 1.165) is 19.3 Å². The second kappa shape index (κ2) is 6.79. The second-order valence-corrected chi connectivity index (χ2v) is 3.61. The fourth-order valence-electron chi connectivity index (χ4n) is 1.46. The molecule has 1 amide bonds. The highest BCUT2D eigenvalue weighted by atomic mass is 16.2. The van der Waals surface area contributed by atoms with E-state index in [-0.39, 0.29) is 11.5 Å². The fraction of sp³-hybridized carbons (Fsp3) is 0.455. The van der Waals surface area contributed by atoms with Crippen LogP contribution in [-0.2, 0) is 11.3 Å². The van der Waals surface area contributed by atoms with E-state index in [9.17, 15) is 9.59 Å². The van der Waals surface area contributed by atoms with Crippen molar-refractivity contribution in [1.29, 1.82) is 0 Å². The molecule has 0 aromatic carbocycles. The minimum Gasteiger partial charge on any atom is -0.316 e. The number of nitrogens with zero attached hydrogens (tertiary/aromatic N) is 1. The highest BCUT2D eigenvalue weighted by Gasteiger charge is 1.98. The molecule has 3 N–H and O–H groups in total. The third-order valence-electron chi connectivity index (χ3n) is 2.36. The molecule has 0 bridgehead atoms. The lowest BCUT2D eigenvalue weighted by atomic mass is 10.2. The SMILES string of the molecule is NNC(=O)CCCCCn1ccccc1=O. The maximum Gasteiger partial charge on any atom is 0.250 e. The molecule has 1 rings (SSSR count). The summed E-state index contributed by atoms with van der Waals surface area (Å²) < 4.78 is 1.67. The average molecular weight is 223 g/mol. The van der Waals surface area contributed by atoms with Gasteiger partial charge in [0.05, 0.1) is 0 Å². The summed E-state index contributed by atoms with van der Waals surface area (Å²) in [5.41, 5.74) is 2.10. The van der Waals surface area contributed by atoms with E-state index in [1.54, 1.807) is 22.9 Å². The van der Waals surface area contributed by atoms with Crippen molar-refractivity contribution in [2.45, 2.75) is 32.2 Å². The Morgan fingerprint density at radius 3 is 2.81 bits per heavy atom. The molecular weight excluding hydrogens is 206 g/mol. The van der Waals surface area contributed by atoms with E-state index in [0.29, 0.717) is 13.0 Å². The summed E-state index contributed by atoms with van der Waals surface area (Å²) in [5, 5.41) is 0. The minimum atomic E-state index is -0.142. The number of hydrogen-bond donors (Lipinski definition) is 2. The Bertz CT molecular complexity index is 387. The van der Waals surface area contributed by atoms with E-state index < -0.39 is 0 Å². The first-order valence-corrected chi connectivity index (χ1v) is 5.39. The van der Waals surface area contributed by atoms with Gasteiger partial charge in [0.25, 0.3) is 0 Å². The molecule has 1 heterocycles. The van der Waals surface area contributed by atoms with Crippen molar-refractivity contribution in [3.8, 4) is 0 Å². The molecule has 0 aliphatic rings.